The Morgan fingerprint density at radius 2 is 0.839 bits per heavy atom. The fourth-order valence-corrected chi connectivity index (χ4v) is 3.21. The maximum absolute atomic E-state index is 3.57. The van der Waals surface area contributed by atoms with Gasteiger partial charge in [0.1, 0.15) is 0 Å². The molecule has 1 aliphatic rings. The molecule has 4 aromatic rings. The van der Waals surface area contributed by atoms with E-state index in [4.69, 9.17) is 0 Å². The average molecular weight is 480 g/mol. The molecule has 1 aliphatic carbocycles. The van der Waals surface area contributed by atoms with E-state index in [-0.39, 0.29) is 26.2 Å². The molecule has 31 heavy (non-hydrogen) atoms. The second-order valence-corrected chi connectivity index (χ2v) is 7.07. The summed E-state index contributed by atoms with van der Waals surface area (Å²) in [5.41, 5.74) is 4.98. The summed E-state index contributed by atoms with van der Waals surface area (Å²) in [6.07, 6.45) is 11.9. The zero-order valence-electron chi connectivity index (χ0n) is 17.9. The SMILES string of the molecule is [C-](=C1CCCCC1=[C-]c1ccccc1)c1ccccc1.[Zr+4].c1cc[cH-]c1.c1cc[cH-]c1. The van der Waals surface area contributed by atoms with Gasteiger partial charge in [0.2, 0.25) is 0 Å². The number of benzene rings is 2. The zero-order chi connectivity index (χ0) is 20.7. The summed E-state index contributed by atoms with van der Waals surface area (Å²) in [4.78, 5) is 0. The van der Waals surface area contributed by atoms with Gasteiger partial charge in [0, 0.05) is 0 Å². The summed E-state index contributed by atoms with van der Waals surface area (Å²) < 4.78 is 0. The Morgan fingerprint density at radius 1 is 0.484 bits per heavy atom. The molecule has 0 amide bonds. The van der Waals surface area contributed by atoms with Crippen molar-refractivity contribution in [3.05, 3.63) is 156 Å². The van der Waals surface area contributed by atoms with Crippen LogP contribution < -0.4 is 0 Å². The quantitative estimate of drug-likeness (QED) is 0.256. The van der Waals surface area contributed by atoms with Crippen LogP contribution in [0.4, 0.5) is 0 Å². The first-order valence-corrected chi connectivity index (χ1v) is 10.6. The molecule has 152 valence electrons. The summed E-state index contributed by atoms with van der Waals surface area (Å²) in [6.45, 7) is 0. The van der Waals surface area contributed by atoms with Gasteiger partial charge in [-0.2, -0.15) is 59.7 Å². The van der Waals surface area contributed by atoms with Crippen molar-refractivity contribution in [2.24, 2.45) is 0 Å². The first-order chi connectivity index (χ1) is 14.9. The van der Waals surface area contributed by atoms with Gasteiger partial charge in [-0.15, -0.1) is 48.5 Å². The summed E-state index contributed by atoms with van der Waals surface area (Å²) >= 11 is 0. The van der Waals surface area contributed by atoms with Crippen LogP contribution in [-0.2, 0) is 26.2 Å². The monoisotopic (exact) mass is 478 g/mol. The van der Waals surface area contributed by atoms with Crippen LogP contribution in [0.1, 0.15) is 36.8 Å². The normalized spacial score (nSPS) is 15.1. The van der Waals surface area contributed by atoms with Crippen LogP contribution in [0.15, 0.2) is 132 Å². The Bertz CT molecular complexity index is 841. The van der Waals surface area contributed by atoms with E-state index >= 15 is 0 Å². The van der Waals surface area contributed by atoms with Crippen molar-refractivity contribution in [2.45, 2.75) is 25.7 Å². The minimum atomic E-state index is 0. The van der Waals surface area contributed by atoms with Crippen LogP contribution in [-0.4, -0.2) is 0 Å². The Hall–Kier alpha value is -2.50. The van der Waals surface area contributed by atoms with Crippen molar-refractivity contribution >= 4 is 0 Å². The van der Waals surface area contributed by atoms with E-state index in [0.29, 0.717) is 0 Å². The van der Waals surface area contributed by atoms with E-state index in [1.807, 2.05) is 72.8 Å². The molecule has 0 radical (unpaired) electrons. The molecular weight excluding hydrogens is 452 g/mol. The van der Waals surface area contributed by atoms with E-state index in [0.717, 1.165) is 24.0 Å². The van der Waals surface area contributed by atoms with Gasteiger partial charge in [0.25, 0.3) is 0 Å². The van der Waals surface area contributed by atoms with Crippen molar-refractivity contribution in [1.29, 1.82) is 0 Å². The van der Waals surface area contributed by atoms with Gasteiger partial charge in [-0.05, 0) is 0 Å². The van der Waals surface area contributed by atoms with Gasteiger partial charge < -0.3 is 0 Å². The summed E-state index contributed by atoms with van der Waals surface area (Å²) in [6, 6.07) is 40.8. The van der Waals surface area contributed by atoms with Crippen LogP contribution in [0.25, 0.3) is 0 Å². The van der Waals surface area contributed by atoms with Gasteiger partial charge in [-0.1, -0.05) is 37.8 Å². The molecular formula is C30H28Zr. The van der Waals surface area contributed by atoms with Crippen LogP contribution in [0.5, 0.6) is 0 Å². The number of allylic oxidation sites excluding steroid dienone is 2. The van der Waals surface area contributed by atoms with Crippen molar-refractivity contribution in [1.82, 2.24) is 0 Å². The molecule has 1 fully saturated rings. The van der Waals surface area contributed by atoms with E-state index < -0.39 is 0 Å². The van der Waals surface area contributed by atoms with E-state index in [1.54, 1.807) is 0 Å². The van der Waals surface area contributed by atoms with Gasteiger partial charge in [-0.3, -0.25) is 0 Å². The first-order valence-electron chi connectivity index (χ1n) is 10.6. The fourth-order valence-electron chi connectivity index (χ4n) is 3.21. The van der Waals surface area contributed by atoms with Crippen molar-refractivity contribution in [3.8, 4) is 0 Å². The largest absolute Gasteiger partial charge is 4.00 e. The summed E-state index contributed by atoms with van der Waals surface area (Å²) in [5.74, 6) is 0. The number of hydrogen-bond acceptors (Lipinski definition) is 0. The van der Waals surface area contributed by atoms with Crippen LogP contribution >= 0.6 is 0 Å². The Labute approximate surface area is 206 Å². The molecule has 0 saturated heterocycles. The third-order valence-corrected chi connectivity index (χ3v) is 4.72. The molecule has 0 N–H and O–H groups in total. The van der Waals surface area contributed by atoms with Crippen LogP contribution in [0.3, 0.4) is 0 Å². The average Bonchev–Trinajstić information content (AvgIpc) is 3.56. The first kappa shape index (κ1) is 24.8. The van der Waals surface area contributed by atoms with E-state index in [2.05, 4.69) is 60.7 Å². The topological polar surface area (TPSA) is 0 Å². The van der Waals surface area contributed by atoms with Crippen molar-refractivity contribution in [2.75, 3.05) is 0 Å². The molecule has 0 bridgehead atoms. The molecule has 0 heterocycles. The Balaban J connectivity index is 0.000000254. The molecule has 0 aromatic heterocycles. The predicted molar refractivity (Wildman–Crippen MR) is 127 cm³/mol. The summed E-state index contributed by atoms with van der Waals surface area (Å²) in [5, 5.41) is 0. The standard InChI is InChI=1S/C20H18.2C5H5.Zr/c1-3-9-17(10-4-1)15-19-13-7-8-14-20(19)16-18-11-5-2-6-12-18;2*1-2-4-5-3-1;/h1-6,9-12H,7-8,13-14H2;2*1-5H;/q-2;2*-1;+4. The number of hydrogen-bond donors (Lipinski definition) is 0. The predicted octanol–water partition coefficient (Wildman–Crippen LogP) is 7.92. The van der Waals surface area contributed by atoms with Gasteiger partial charge in [0.15, 0.2) is 0 Å². The molecule has 1 heteroatoms. The fraction of sp³-hybridized carbons (Fsp3) is 0.133. The van der Waals surface area contributed by atoms with Crippen LogP contribution in [0.2, 0.25) is 0 Å². The molecule has 4 aromatic carbocycles. The minimum Gasteiger partial charge on any atom is -0.214 e. The van der Waals surface area contributed by atoms with Gasteiger partial charge in [0.05, 0.1) is 0 Å². The van der Waals surface area contributed by atoms with Crippen LogP contribution in [0, 0.1) is 12.2 Å². The Morgan fingerprint density at radius 3 is 1.13 bits per heavy atom. The van der Waals surface area contributed by atoms with Gasteiger partial charge in [-0.25, -0.2) is 35.4 Å². The third kappa shape index (κ3) is 9.90. The van der Waals surface area contributed by atoms with Gasteiger partial charge >= 0.3 is 26.2 Å². The van der Waals surface area contributed by atoms with E-state index in [1.165, 1.54) is 24.0 Å². The van der Waals surface area contributed by atoms with Crippen molar-refractivity contribution < 1.29 is 26.2 Å². The second-order valence-electron chi connectivity index (χ2n) is 7.07. The smallest absolute Gasteiger partial charge is 0.214 e. The maximum Gasteiger partial charge on any atom is 4.00 e. The molecule has 0 aliphatic heterocycles. The van der Waals surface area contributed by atoms with Crippen molar-refractivity contribution in [3.63, 3.8) is 0 Å². The minimum absolute atomic E-state index is 0. The zero-order valence-corrected chi connectivity index (χ0v) is 20.3. The molecule has 0 atom stereocenters. The number of rotatable bonds is 2. The molecule has 5 rings (SSSR count). The summed E-state index contributed by atoms with van der Waals surface area (Å²) in [7, 11) is 0. The third-order valence-electron chi connectivity index (χ3n) is 4.72. The maximum atomic E-state index is 3.57. The molecule has 0 spiro atoms. The van der Waals surface area contributed by atoms with E-state index in [9.17, 15) is 0 Å². The Kier molecular flexibility index (Phi) is 12.2. The molecule has 1 saturated carbocycles. The molecule has 0 nitrogen and oxygen atoms in total. The second kappa shape index (κ2) is 15.3. The molecule has 0 unspecified atom stereocenters.